The number of ether oxygens (including phenoxy) is 1. The van der Waals surface area contributed by atoms with E-state index < -0.39 is 5.91 Å². The van der Waals surface area contributed by atoms with Crippen molar-refractivity contribution in [2.75, 3.05) is 11.9 Å². The second-order valence-corrected chi connectivity index (χ2v) is 4.25. The summed E-state index contributed by atoms with van der Waals surface area (Å²) in [6.45, 7) is 2.70. The molecule has 0 heterocycles. The van der Waals surface area contributed by atoms with E-state index >= 15 is 0 Å². The van der Waals surface area contributed by atoms with Crippen molar-refractivity contribution < 1.29 is 9.53 Å². The van der Waals surface area contributed by atoms with Crippen LogP contribution >= 0.6 is 15.9 Å². The Morgan fingerprint density at radius 2 is 2.19 bits per heavy atom. The molecule has 1 aromatic carbocycles. The number of nitrogens with two attached hydrogens (primary N) is 1. The van der Waals surface area contributed by atoms with Gasteiger partial charge in [-0.3, -0.25) is 4.79 Å². The number of para-hydroxylation sites is 1. The summed E-state index contributed by atoms with van der Waals surface area (Å²) in [5.74, 6) is 0.554. The van der Waals surface area contributed by atoms with E-state index in [-0.39, 0.29) is 0 Å². The van der Waals surface area contributed by atoms with E-state index in [1.54, 1.807) is 18.2 Å². The van der Waals surface area contributed by atoms with Gasteiger partial charge in [0.25, 0.3) is 5.91 Å². The minimum atomic E-state index is -0.456. The van der Waals surface area contributed by atoms with Crippen LogP contribution in [0.25, 0.3) is 0 Å². The molecular weight excluding hydrogens is 270 g/mol. The smallest absolute Gasteiger partial charge is 0.252 e. The summed E-state index contributed by atoms with van der Waals surface area (Å²) in [6, 6.07) is 7.04. The number of primary amides is 1. The maximum absolute atomic E-state index is 11.1. The molecule has 0 aliphatic heterocycles. The monoisotopic (exact) mass is 285 g/mol. The average molecular weight is 286 g/mol. The topological polar surface area (TPSA) is 52.3 Å². The van der Waals surface area contributed by atoms with Gasteiger partial charge in [-0.2, -0.15) is 0 Å². The van der Waals surface area contributed by atoms with Gasteiger partial charge in [0, 0.05) is 11.2 Å². The van der Waals surface area contributed by atoms with E-state index in [1.807, 2.05) is 6.07 Å². The van der Waals surface area contributed by atoms with Gasteiger partial charge in [-0.05, 0) is 18.6 Å². The molecule has 1 unspecified atom stereocenters. The molecule has 1 rings (SSSR count). The number of carbonyl (C=O) groups excluding carboxylic acids is 1. The van der Waals surface area contributed by atoms with Gasteiger partial charge >= 0.3 is 0 Å². The van der Waals surface area contributed by atoms with Gasteiger partial charge in [0.2, 0.25) is 0 Å². The zero-order chi connectivity index (χ0) is 12.0. The fraction of sp³-hybridized carbons (Fsp3) is 0.417. The molecule has 4 heteroatoms. The van der Waals surface area contributed by atoms with Gasteiger partial charge in [0.1, 0.15) is 5.75 Å². The quantitative estimate of drug-likeness (QED) is 0.817. The predicted octanol–water partition coefficient (Wildman–Crippen LogP) is 2.59. The zero-order valence-corrected chi connectivity index (χ0v) is 10.9. The van der Waals surface area contributed by atoms with Crippen LogP contribution in [-0.4, -0.2) is 17.8 Å². The number of halogens is 1. The number of hydrogen-bond acceptors (Lipinski definition) is 2. The summed E-state index contributed by atoms with van der Waals surface area (Å²) in [5, 5.41) is 0.891. The molecule has 0 radical (unpaired) electrons. The normalized spacial score (nSPS) is 12.1. The molecule has 2 N–H and O–H groups in total. The van der Waals surface area contributed by atoms with E-state index in [1.165, 1.54) is 0 Å². The molecule has 0 saturated carbocycles. The van der Waals surface area contributed by atoms with Crippen molar-refractivity contribution in [1.82, 2.24) is 0 Å². The van der Waals surface area contributed by atoms with Gasteiger partial charge in [-0.1, -0.05) is 35.0 Å². The Bertz CT molecular complexity index is 351. The first-order valence-corrected chi connectivity index (χ1v) is 6.38. The largest absolute Gasteiger partial charge is 0.492 e. The summed E-state index contributed by atoms with van der Waals surface area (Å²) in [5.41, 5.74) is 5.69. The van der Waals surface area contributed by atoms with Gasteiger partial charge in [0.05, 0.1) is 12.2 Å². The maximum Gasteiger partial charge on any atom is 0.252 e. The number of carbonyl (C=O) groups is 1. The third-order valence-electron chi connectivity index (χ3n) is 2.42. The molecule has 0 spiro atoms. The third kappa shape index (κ3) is 3.52. The third-order valence-corrected chi connectivity index (χ3v) is 3.34. The second kappa shape index (κ2) is 6.53. The van der Waals surface area contributed by atoms with Crippen molar-refractivity contribution in [1.29, 1.82) is 0 Å². The Morgan fingerprint density at radius 1 is 1.50 bits per heavy atom. The van der Waals surface area contributed by atoms with Crippen LogP contribution in [0.2, 0.25) is 0 Å². The predicted molar refractivity (Wildman–Crippen MR) is 68.0 cm³/mol. The molecule has 0 aromatic heterocycles. The van der Waals surface area contributed by atoms with E-state index in [0.29, 0.717) is 23.8 Å². The number of alkyl halides is 1. The number of hydrogen-bond donors (Lipinski definition) is 1. The molecule has 16 heavy (non-hydrogen) atoms. The molecule has 0 saturated heterocycles. The minimum absolute atomic E-state index is 0.437. The van der Waals surface area contributed by atoms with Crippen LogP contribution in [-0.2, 0) is 0 Å². The van der Waals surface area contributed by atoms with Crippen LogP contribution in [0.3, 0.4) is 0 Å². The Hall–Kier alpha value is -1.03. The van der Waals surface area contributed by atoms with Crippen molar-refractivity contribution in [3.63, 3.8) is 0 Å². The lowest BCUT2D eigenvalue weighted by atomic mass is 10.1. The molecule has 1 amide bonds. The highest BCUT2D eigenvalue weighted by Crippen LogP contribution is 2.19. The van der Waals surface area contributed by atoms with Crippen LogP contribution in [0.1, 0.15) is 23.7 Å². The Labute approximate surface area is 104 Å². The van der Waals surface area contributed by atoms with E-state index in [2.05, 4.69) is 22.9 Å². The van der Waals surface area contributed by atoms with Crippen LogP contribution in [0.4, 0.5) is 0 Å². The molecular formula is C12H16BrNO2. The first-order chi connectivity index (χ1) is 7.69. The maximum atomic E-state index is 11.1. The highest BCUT2D eigenvalue weighted by molar-refractivity contribution is 9.09. The highest BCUT2D eigenvalue weighted by Gasteiger charge is 2.10. The Balaban J connectivity index is 2.69. The van der Waals surface area contributed by atoms with Crippen LogP contribution in [0.5, 0.6) is 5.75 Å². The molecule has 1 atom stereocenters. The lowest BCUT2D eigenvalue weighted by Crippen LogP contribution is -2.16. The van der Waals surface area contributed by atoms with Gasteiger partial charge in [-0.15, -0.1) is 0 Å². The summed E-state index contributed by atoms with van der Waals surface area (Å²) in [6.07, 6.45) is 1.03. The summed E-state index contributed by atoms with van der Waals surface area (Å²) < 4.78 is 5.61. The van der Waals surface area contributed by atoms with Crippen molar-refractivity contribution in [3.8, 4) is 5.75 Å². The molecule has 88 valence electrons. The van der Waals surface area contributed by atoms with Crippen molar-refractivity contribution in [3.05, 3.63) is 29.8 Å². The standard InChI is InChI=1S/C12H16BrNO2/c1-2-9(7-13)8-16-11-6-4-3-5-10(11)12(14)15/h3-6,9H,2,7-8H2,1H3,(H2,14,15). The number of amides is 1. The van der Waals surface area contributed by atoms with E-state index in [9.17, 15) is 4.79 Å². The van der Waals surface area contributed by atoms with Crippen molar-refractivity contribution in [2.45, 2.75) is 13.3 Å². The summed E-state index contributed by atoms with van der Waals surface area (Å²) >= 11 is 3.43. The summed E-state index contributed by atoms with van der Waals surface area (Å²) in [4.78, 5) is 11.1. The SMILES string of the molecule is CCC(CBr)COc1ccccc1C(N)=O. The van der Waals surface area contributed by atoms with Gasteiger partial charge in [-0.25, -0.2) is 0 Å². The Morgan fingerprint density at radius 3 is 2.75 bits per heavy atom. The van der Waals surface area contributed by atoms with Crippen LogP contribution in [0.15, 0.2) is 24.3 Å². The fourth-order valence-electron chi connectivity index (χ4n) is 1.28. The first kappa shape index (κ1) is 13.0. The highest BCUT2D eigenvalue weighted by atomic mass is 79.9. The molecule has 0 fully saturated rings. The molecule has 3 nitrogen and oxygen atoms in total. The van der Waals surface area contributed by atoms with E-state index in [4.69, 9.17) is 10.5 Å². The van der Waals surface area contributed by atoms with Crippen molar-refractivity contribution in [2.24, 2.45) is 11.7 Å². The van der Waals surface area contributed by atoms with Crippen molar-refractivity contribution >= 4 is 21.8 Å². The van der Waals surface area contributed by atoms with Crippen LogP contribution in [0, 0.1) is 5.92 Å². The van der Waals surface area contributed by atoms with Crippen LogP contribution < -0.4 is 10.5 Å². The molecule has 0 aliphatic rings. The minimum Gasteiger partial charge on any atom is -0.492 e. The number of benzene rings is 1. The lowest BCUT2D eigenvalue weighted by Gasteiger charge is -2.14. The molecule has 0 bridgehead atoms. The van der Waals surface area contributed by atoms with Gasteiger partial charge in [0.15, 0.2) is 0 Å². The number of rotatable bonds is 6. The first-order valence-electron chi connectivity index (χ1n) is 5.26. The Kier molecular flexibility index (Phi) is 5.32. The second-order valence-electron chi connectivity index (χ2n) is 3.60. The molecule has 0 aliphatic carbocycles. The lowest BCUT2D eigenvalue weighted by molar-refractivity contribution is 0.0995. The average Bonchev–Trinajstić information content (AvgIpc) is 2.30. The van der Waals surface area contributed by atoms with Gasteiger partial charge < -0.3 is 10.5 Å². The molecule has 1 aromatic rings. The summed E-state index contributed by atoms with van der Waals surface area (Å²) in [7, 11) is 0. The fourth-order valence-corrected chi connectivity index (χ4v) is 1.92. The van der Waals surface area contributed by atoms with E-state index in [0.717, 1.165) is 11.8 Å². The zero-order valence-electron chi connectivity index (χ0n) is 9.28.